The molecule has 6 nitrogen and oxygen atoms in total. The fourth-order valence-electron chi connectivity index (χ4n) is 2.96. The number of H-pyrrole nitrogens is 1. The lowest BCUT2D eigenvalue weighted by Crippen LogP contribution is -2.27. The van der Waals surface area contributed by atoms with Crippen molar-refractivity contribution in [3.8, 4) is 11.5 Å². The number of carbonyl (C=O) groups is 2. The standard InChI is InChI=1S/C21H21NO5/c1-13-20(15-8-4-5-9-16(15)22-13)21(24)14(2)27-19(23)12-26-18-11-7-6-10-17(18)25-3/h4-11,14,22H,12H2,1-3H3/t14-/m1/s1. The first-order valence-corrected chi connectivity index (χ1v) is 8.58. The molecule has 1 N–H and O–H groups in total. The van der Waals surface area contributed by atoms with E-state index in [1.807, 2.05) is 31.2 Å². The molecular formula is C21H21NO5. The van der Waals surface area contributed by atoms with Gasteiger partial charge in [-0.3, -0.25) is 4.79 Å². The van der Waals surface area contributed by atoms with Gasteiger partial charge in [-0.25, -0.2) is 4.79 Å². The predicted molar refractivity (Wildman–Crippen MR) is 101 cm³/mol. The van der Waals surface area contributed by atoms with E-state index >= 15 is 0 Å². The highest BCUT2D eigenvalue weighted by Gasteiger charge is 2.24. The first-order valence-electron chi connectivity index (χ1n) is 8.58. The predicted octanol–water partition coefficient (Wildman–Crippen LogP) is 3.68. The molecule has 3 aromatic rings. The summed E-state index contributed by atoms with van der Waals surface area (Å²) < 4.78 is 15.9. The van der Waals surface area contributed by atoms with Gasteiger partial charge in [-0.05, 0) is 32.0 Å². The van der Waals surface area contributed by atoms with Crippen LogP contribution in [0.2, 0.25) is 0 Å². The van der Waals surface area contributed by atoms with Gasteiger partial charge >= 0.3 is 5.97 Å². The highest BCUT2D eigenvalue weighted by molar-refractivity contribution is 6.11. The molecule has 27 heavy (non-hydrogen) atoms. The largest absolute Gasteiger partial charge is 0.493 e. The summed E-state index contributed by atoms with van der Waals surface area (Å²) in [5.74, 6) is 0.0714. The Morgan fingerprint density at radius 1 is 1.04 bits per heavy atom. The molecule has 1 heterocycles. The van der Waals surface area contributed by atoms with Gasteiger partial charge in [-0.15, -0.1) is 0 Å². The van der Waals surface area contributed by atoms with Crippen LogP contribution in [0.1, 0.15) is 23.0 Å². The van der Waals surface area contributed by atoms with Crippen molar-refractivity contribution in [3.63, 3.8) is 0 Å². The third-order valence-corrected chi connectivity index (χ3v) is 4.23. The Kier molecular flexibility index (Phi) is 5.45. The lowest BCUT2D eigenvalue weighted by atomic mass is 10.0. The molecule has 0 amide bonds. The van der Waals surface area contributed by atoms with Gasteiger partial charge in [0.05, 0.1) is 7.11 Å². The zero-order valence-corrected chi connectivity index (χ0v) is 15.4. The summed E-state index contributed by atoms with van der Waals surface area (Å²) in [7, 11) is 1.52. The number of ketones is 1. The number of aryl methyl sites for hydroxylation is 1. The minimum Gasteiger partial charge on any atom is -0.493 e. The smallest absolute Gasteiger partial charge is 0.344 e. The minimum absolute atomic E-state index is 0.254. The maximum atomic E-state index is 12.8. The number of hydrogen-bond acceptors (Lipinski definition) is 5. The van der Waals surface area contributed by atoms with E-state index in [2.05, 4.69) is 4.98 Å². The van der Waals surface area contributed by atoms with Crippen LogP contribution in [0.25, 0.3) is 10.9 Å². The number of nitrogens with one attached hydrogen (secondary N) is 1. The van der Waals surface area contributed by atoms with E-state index in [1.165, 1.54) is 7.11 Å². The number of Topliss-reactive ketones (excluding diaryl/α,β-unsaturated/α-hetero) is 1. The van der Waals surface area contributed by atoms with Crippen molar-refractivity contribution >= 4 is 22.7 Å². The Labute approximate surface area is 157 Å². The van der Waals surface area contributed by atoms with Crippen LogP contribution in [-0.4, -0.2) is 36.6 Å². The molecule has 0 aliphatic carbocycles. The molecule has 0 saturated carbocycles. The molecule has 0 unspecified atom stereocenters. The topological polar surface area (TPSA) is 77.6 Å². The van der Waals surface area contributed by atoms with E-state index in [-0.39, 0.29) is 12.4 Å². The maximum Gasteiger partial charge on any atom is 0.344 e. The third-order valence-electron chi connectivity index (χ3n) is 4.23. The number of fused-ring (bicyclic) bond motifs is 1. The Morgan fingerprint density at radius 3 is 2.44 bits per heavy atom. The van der Waals surface area contributed by atoms with Crippen molar-refractivity contribution in [2.75, 3.05) is 13.7 Å². The van der Waals surface area contributed by atoms with E-state index < -0.39 is 12.1 Å². The van der Waals surface area contributed by atoms with Crippen LogP contribution >= 0.6 is 0 Å². The summed E-state index contributed by atoms with van der Waals surface area (Å²) >= 11 is 0. The number of aromatic amines is 1. The van der Waals surface area contributed by atoms with Gasteiger partial charge in [-0.2, -0.15) is 0 Å². The molecular weight excluding hydrogens is 346 g/mol. The van der Waals surface area contributed by atoms with Crippen LogP contribution < -0.4 is 9.47 Å². The summed E-state index contributed by atoms with van der Waals surface area (Å²) in [6, 6.07) is 14.5. The van der Waals surface area contributed by atoms with Crippen molar-refractivity contribution in [2.45, 2.75) is 20.0 Å². The molecule has 1 aromatic heterocycles. The molecule has 0 aliphatic heterocycles. The molecule has 1 atom stereocenters. The van der Waals surface area contributed by atoms with Crippen LogP contribution in [0.3, 0.4) is 0 Å². The number of ether oxygens (including phenoxy) is 3. The summed E-state index contributed by atoms with van der Waals surface area (Å²) in [6.07, 6.45) is -0.920. The number of methoxy groups -OCH3 is 1. The lowest BCUT2D eigenvalue weighted by molar-refractivity contribution is -0.148. The molecule has 3 rings (SSSR count). The maximum absolute atomic E-state index is 12.8. The summed E-state index contributed by atoms with van der Waals surface area (Å²) in [6.45, 7) is 3.07. The third kappa shape index (κ3) is 3.95. The second-order valence-electron chi connectivity index (χ2n) is 6.11. The quantitative estimate of drug-likeness (QED) is 0.509. The molecule has 0 saturated heterocycles. The Balaban J connectivity index is 1.65. The van der Waals surface area contributed by atoms with E-state index in [0.29, 0.717) is 17.1 Å². The second-order valence-corrected chi connectivity index (χ2v) is 6.11. The van der Waals surface area contributed by atoms with Crippen molar-refractivity contribution in [3.05, 3.63) is 59.8 Å². The minimum atomic E-state index is -0.920. The van der Waals surface area contributed by atoms with Gasteiger partial charge in [-0.1, -0.05) is 30.3 Å². The highest BCUT2D eigenvalue weighted by Crippen LogP contribution is 2.26. The van der Waals surface area contributed by atoms with Crippen LogP contribution in [0.5, 0.6) is 11.5 Å². The van der Waals surface area contributed by atoms with Gasteiger partial charge in [0, 0.05) is 22.2 Å². The van der Waals surface area contributed by atoms with Crippen LogP contribution in [0, 0.1) is 6.92 Å². The average molecular weight is 367 g/mol. The average Bonchev–Trinajstić information content (AvgIpc) is 3.01. The monoisotopic (exact) mass is 367 g/mol. The number of benzene rings is 2. The van der Waals surface area contributed by atoms with Crippen molar-refractivity contribution in [1.29, 1.82) is 0 Å². The Bertz CT molecular complexity index is 976. The van der Waals surface area contributed by atoms with E-state index in [0.717, 1.165) is 16.6 Å². The van der Waals surface area contributed by atoms with Gasteiger partial charge in [0.2, 0.25) is 5.78 Å². The Morgan fingerprint density at radius 2 is 1.70 bits per heavy atom. The molecule has 0 bridgehead atoms. The molecule has 6 heteroatoms. The number of aromatic nitrogens is 1. The van der Waals surface area contributed by atoms with Crippen LogP contribution in [-0.2, 0) is 9.53 Å². The number of esters is 1. The Hall–Kier alpha value is -3.28. The van der Waals surface area contributed by atoms with Crippen LogP contribution in [0.4, 0.5) is 0 Å². The number of rotatable bonds is 7. The number of para-hydroxylation sites is 3. The molecule has 2 aromatic carbocycles. The molecule has 0 spiro atoms. The first kappa shape index (κ1) is 18.5. The summed E-state index contributed by atoms with van der Waals surface area (Å²) in [4.78, 5) is 28.1. The zero-order chi connectivity index (χ0) is 19.4. The fourth-order valence-corrected chi connectivity index (χ4v) is 2.96. The number of carbonyl (C=O) groups excluding carboxylic acids is 2. The second kappa shape index (κ2) is 7.95. The SMILES string of the molecule is COc1ccccc1OCC(=O)O[C@H](C)C(=O)c1c(C)[nH]c2ccccc12. The van der Waals surface area contributed by atoms with Gasteiger partial charge in [0.1, 0.15) is 0 Å². The zero-order valence-electron chi connectivity index (χ0n) is 15.4. The van der Waals surface area contributed by atoms with Crippen molar-refractivity contribution in [2.24, 2.45) is 0 Å². The highest BCUT2D eigenvalue weighted by atomic mass is 16.6. The number of hydrogen-bond donors (Lipinski definition) is 1. The van der Waals surface area contributed by atoms with Gasteiger partial charge < -0.3 is 19.2 Å². The summed E-state index contributed by atoms with van der Waals surface area (Å²) in [5, 5.41) is 0.813. The van der Waals surface area contributed by atoms with E-state index in [9.17, 15) is 9.59 Å². The molecule has 0 radical (unpaired) electrons. The normalized spacial score (nSPS) is 11.8. The van der Waals surface area contributed by atoms with Gasteiger partial charge in [0.15, 0.2) is 24.2 Å². The molecule has 0 aliphatic rings. The molecule has 0 fully saturated rings. The lowest BCUT2D eigenvalue weighted by Gasteiger charge is -2.14. The molecule has 140 valence electrons. The fraction of sp³-hybridized carbons (Fsp3) is 0.238. The summed E-state index contributed by atoms with van der Waals surface area (Å²) in [5.41, 5.74) is 2.15. The van der Waals surface area contributed by atoms with Crippen molar-refractivity contribution < 1.29 is 23.8 Å². The van der Waals surface area contributed by atoms with E-state index in [4.69, 9.17) is 14.2 Å². The van der Waals surface area contributed by atoms with Crippen molar-refractivity contribution in [1.82, 2.24) is 4.98 Å². The van der Waals surface area contributed by atoms with E-state index in [1.54, 1.807) is 31.2 Å². The first-order chi connectivity index (χ1) is 13.0. The van der Waals surface area contributed by atoms with Crippen LogP contribution in [0.15, 0.2) is 48.5 Å². The van der Waals surface area contributed by atoms with Gasteiger partial charge in [0.25, 0.3) is 0 Å².